The molecule has 2 aliphatic heterocycles. The molecule has 0 bridgehead atoms. The summed E-state index contributed by atoms with van der Waals surface area (Å²) in [6.07, 6.45) is 1.25. The molecule has 1 amide bonds. The van der Waals surface area contributed by atoms with Crippen molar-refractivity contribution in [1.29, 1.82) is 0 Å². The van der Waals surface area contributed by atoms with E-state index < -0.39 is 11.7 Å². The van der Waals surface area contributed by atoms with Gasteiger partial charge in [0.05, 0.1) is 23.4 Å². The average Bonchev–Trinajstić information content (AvgIpc) is 3.63. The molecule has 2 saturated heterocycles. The Labute approximate surface area is 235 Å². The van der Waals surface area contributed by atoms with Crippen LogP contribution in [-0.4, -0.2) is 81.6 Å². The molecule has 41 heavy (non-hydrogen) atoms. The standard InChI is InChI=1S/C29H31F3N8O/c1-37-11-13-38(14-12-37)18-21-4-5-23(15-24(21)29(30,31)32)35-28(41)22-8-10-39(19-22)27-7-6-26-34-17-25(40(26)36-27)20-3-2-9-33-16-20/h2-7,9,15-17,22H,8,10-14,18-19H2,1H3,(H,35,41)/t22-/m1/s1. The van der Waals surface area contributed by atoms with Gasteiger partial charge in [-0.15, -0.1) is 5.10 Å². The highest BCUT2D eigenvalue weighted by Gasteiger charge is 2.35. The zero-order chi connectivity index (χ0) is 28.6. The number of halogens is 3. The Balaban J connectivity index is 1.14. The van der Waals surface area contributed by atoms with E-state index in [4.69, 9.17) is 5.10 Å². The zero-order valence-electron chi connectivity index (χ0n) is 22.7. The molecule has 0 spiro atoms. The van der Waals surface area contributed by atoms with E-state index in [2.05, 4.69) is 20.2 Å². The van der Waals surface area contributed by atoms with Gasteiger partial charge in [-0.25, -0.2) is 9.50 Å². The van der Waals surface area contributed by atoms with Crippen molar-refractivity contribution in [3.8, 4) is 11.3 Å². The van der Waals surface area contributed by atoms with E-state index in [1.165, 1.54) is 6.07 Å². The Bertz CT molecular complexity index is 1530. The van der Waals surface area contributed by atoms with Crippen molar-refractivity contribution < 1.29 is 18.0 Å². The van der Waals surface area contributed by atoms with E-state index >= 15 is 0 Å². The van der Waals surface area contributed by atoms with Crippen molar-refractivity contribution in [3.63, 3.8) is 0 Å². The first-order chi connectivity index (χ1) is 19.7. The minimum Gasteiger partial charge on any atom is -0.354 e. The van der Waals surface area contributed by atoms with Gasteiger partial charge in [0.25, 0.3) is 0 Å². The van der Waals surface area contributed by atoms with Crippen LogP contribution in [0.2, 0.25) is 0 Å². The molecule has 0 aliphatic carbocycles. The Morgan fingerprint density at radius 1 is 1.05 bits per heavy atom. The van der Waals surface area contributed by atoms with Crippen molar-refractivity contribution in [2.45, 2.75) is 19.1 Å². The van der Waals surface area contributed by atoms with Crippen LogP contribution in [0.5, 0.6) is 0 Å². The van der Waals surface area contributed by atoms with Crippen molar-refractivity contribution >= 4 is 23.1 Å². The lowest BCUT2D eigenvalue weighted by molar-refractivity contribution is -0.138. The number of imidazole rings is 1. The minimum absolute atomic E-state index is 0.155. The summed E-state index contributed by atoms with van der Waals surface area (Å²) in [6.45, 7) is 4.33. The highest BCUT2D eigenvalue weighted by molar-refractivity contribution is 5.93. The number of hydrogen-bond donors (Lipinski definition) is 1. The first-order valence-corrected chi connectivity index (χ1v) is 13.7. The second-order valence-corrected chi connectivity index (χ2v) is 10.7. The van der Waals surface area contributed by atoms with Crippen LogP contribution in [0, 0.1) is 5.92 Å². The normalized spacial score (nSPS) is 18.7. The predicted octanol–water partition coefficient (Wildman–Crippen LogP) is 4.02. The molecule has 5 heterocycles. The van der Waals surface area contributed by atoms with E-state index in [0.717, 1.165) is 43.5 Å². The second kappa shape index (κ2) is 11.1. The summed E-state index contributed by atoms with van der Waals surface area (Å²) in [5.41, 5.74) is 2.05. The lowest BCUT2D eigenvalue weighted by Crippen LogP contribution is -2.44. The lowest BCUT2D eigenvalue weighted by atomic mass is 10.0. The minimum atomic E-state index is -4.51. The molecule has 1 aromatic carbocycles. The molecular weight excluding hydrogens is 533 g/mol. The zero-order valence-corrected chi connectivity index (χ0v) is 22.7. The molecule has 3 aromatic heterocycles. The lowest BCUT2D eigenvalue weighted by Gasteiger charge is -2.33. The van der Waals surface area contributed by atoms with Crippen LogP contribution >= 0.6 is 0 Å². The molecule has 0 unspecified atom stereocenters. The van der Waals surface area contributed by atoms with E-state index in [9.17, 15) is 18.0 Å². The monoisotopic (exact) mass is 564 g/mol. The number of pyridine rings is 1. The number of carbonyl (C=O) groups excluding carboxylic acids is 1. The fourth-order valence-corrected chi connectivity index (χ4v) is 5.47. The predicted molar refractivity (Wildman–Crippen MR) is 149 cm³/mol. The highest BCUT2D eigenvalue weighted by Crippen LogP contribution is 2.35. The van der Waals surface area contributed by atoms with Crippen LogP contribution in [0.15, 0.2) is 61.1 Å². The summed E-state index contributed by atoms with van der Waals surface area (Å²) < 4.78 is 43.7. The van der Waals surface area contributed by atoms with Gasteiger partial charge < -0.3 is 15.1 Å². The van der Waals surface area contributed by atoms with Crippen LogP contribution in [0.3, 0.4) is 0 Å². The van der Waals surface area contributed by atoms with Gasteiger partial charge in [0, 0.05) is 69.5 Å². The van der Waals surface area contributed by atoms with E-state index in [-0.39, 0.29) is 29.6 Å². The molecule has 9 nitrogen and oxygen atoms in total. The van der Waals surface area contributed by atoms with Crippen molar-refractivity contribution in [1.82, 2.24) is 29.4 Å². The molecule has 12 heteroatoms. The maximum Gasteiger partial charge on any atom is 0.416 e. The SMILES string of the molecule is CN1CCN(Cc2ccc(NC(=O)[C@@H]3CCN(c4ccc5ncc(-c6cccnc6)n5n4)C3)cc2C(F)(F)F)CC1. The number of anilines is 2. The van der Waals surface area contributed by atoms with Gasteiger partial charge in [-0.2, -0.15) is 13.2 Å². The van der Waals surface area contributed by atoms with Gasteiger partial charge in [0.1, 0.15) is 5.82 Å². The van der Waals surface area contributed by atoms with E-state index in [1.807, 2.05) is 41.1 Å². The van der Waals surface area contributed by atoms with Gasteiger partial charge in [-0.1, -0.05) is 6.07 Å². The molecule has 0 radical (unpaired) electrons. The molecular formula is C29H31F3N8O. The second-order valence-electron chi connectivity index (χ2n) is 10.7. The summed E-state index contributed by atoms with van der Waals surface area (Å²) in [5.74, 6) is 0.0168. The largest absolute Gasteiger partial charge is 0.416 e. The van der Waals surface area contributed by atoms with Crippen LogP contribution in [0.1, 0.15) is 17.5 Å². The van der Waals surface area contributed by atoms with Gasteiger partial charge in [-0.3, -0.25) is 14.7 Å². The van der Waals surface area contributed by atoms with Crippen LogP contribution in [-0.2, 0) is 17.5 Å². The summed E-state index contributed by atoms with van der Waals surface area (Å²) in [7, 11) is 2.01. The van der Waals surface area contributed by atoms with E-state index in [1.54, 1.807) is 29.2 Å². The third-order valence-corrected chi connectivity index (χ3v) is 7.86. The molecule has 6 rings (SSSR count). The number of likely N-dealkylation sites (N-methyl/N-ethyl adjacent to an activating group) is 1. The van der Waals surface area contributed by atoms with Crippen molar-refractivity contribution in [3.05, 3.63) is 72.2 Å². The number of hydrogen-bond acceptors (Lipinski definition) is 7. The van der Waals surface area contributed by atoms with E-state index in [0.29, 0.717) is 31.0 Å². The van der Waals surface area contributed by atoms with Crippen LogP contribution in [0.25, 0.3) is 16.9 Å². The number of carbonyl (C=O) groups is 1. The molecule has 4 aromatic rings. The fraction of sp³-hybridized carbons (Fsp3) is 0.379. The third kappa shape index (κ3) is 5.89. The number of amides is 1. The van der Waals surface area contributed by atoms with Gasteiger partial charge in [-0.05, 0) is 55.4 Å². The number of rotatable bonds is 6. The molecule has 1 atom stereocenters. The molecule has 214 valence electrons. The molecule has 1 N–H and O–H groups in total. The summed E-state index contributed by atoms with van der Waals surface area (Å²) in [5, 5.41) is 7.49. The van der Waals surface area contributed by atoms with Crippen molar-refractivity contribution in [2.75, 3.05) is 56.5 Å². The maximum absolute atomic E-state index is 14.0. The Morgan fingerprint density at radius 2 is 1.88 bits per heavy atom. The van der Waals surface area contributed by atoms with Crippen LogP contribution in [0.4, 0.5) is 24.7 Å². The average molecular weight is 565 g/mol. The quantitative estimate of drug-likeness (QED) is 0.379. The maximum atomic E-state index is 14.0. The van der Waals surface area contributed by atoms with Gasteiger partial charge >= 0.3 is 6.18 Å². The Kier molecular flexibility index (Phi) is 7.35. The van der Waals surface area contributed by atoms with Gasteiger partial charge in [0.15, 0.2) is 5.65 Å². The molecule has 2 fully saturated rings. The number of nitrogens with one attached hydrogen (secondary N) is 1. The number of benzene rings is 1. The van der Waals surface area contributed by atoms with Crippen LogP contribution < -0.4 is 10.2 Å². The van der Waals surface area contributed by atoms with Crippen molar-refractivity contribution in [2.24, 2.45) is 5.92 Å². The Hall–Kier alpha value is -4.03. The topological polar surface area (TPSA) is 81.9 Å². The first kappa shape index (κ1) is 27.2. The summed E-state index contributed by atoms with van der Waals surface area (Å²) in [6, 6.07) is 11.6. The molecule has 2 aliphatic rings. The fourth-order valence-electron chi connectivity index (χ4n) is 5.47. The highest BCUT2D eigenvalue weighted by atomic mass is 19.4. The number of nitrogens with zero attached hydrogens (tertiary/aromatic N) is 7. The summed E-state index contributed by atoms with van der Waals surface area (Å²) >= 11 is 0. The first-order valence-electron chi connectivity index (χ1n) is 13.7. The summed E-state index contributed by atoms with van der Waals surface area (Å²) in [4.78, 5) is 27.9. The number of aromatic nitrogens is 4. The molecule has 0 saturated carbocycles. The Morgan fingerprint density at radius 3 is 2.63 bits per heavy atom. The number of piperazine rings is 1. The smallest absolute Gasteiger partial charge is 0.354 e. The van der Waals surface area contributed by atoms with Gasteiger partial charge in [0.2, 0.25) is 5.91 Å². The third-order valence-electron chi connectivity index (χ3n) is 7.86. The number of fused-ring (bicyclic) bond motifs is 1. The number of alkyl halides is 3.